The SMILES string of the molecule is CCCCOS(=O)(=O)CCCS.[NaH]. The van der Waals surface area contributed by atoms with Crippen LogP contribution >= 0.6 is 12.6 Å². The summed E-state index contributed by atoms with van der Waals surface area (Å²) < 4.78 is 26.7. The van der Waals surface area contributed by atoms with E-state index >= 15 is 0 Å². The molecule has 0 radical (unpaired) electrons. The molecular weight excluding hydrogens is 219 g/mol. The van der Waals surface area contributed by atoms with Crippen LogP contribution in [-0.2, 0) is 14.3 Å². The van der Waals surface area contributed by atoms with E-state index < -0.39 is 10.1 Å². The van der Waals surface area contributed by atoms with E-state index in [0.29, 0.717) is 18.8 Å². The van der Waals surface area contributed by atoms with Crippen molar-refractivity contribution in [3.63, 3.8) is 0 Å². The average molecular weight is 236 g/mol. The van der Waals surface area contributed by atoms with Crippen LogP contribution in [0.1, 0.15) is 26.2 Å². The molecule has 0 amide bonds. The summed E-state index contributed by atoms with van der Waals surface area (Å²) in [6.07, 6.45) is 2.29. The first-order valence-electron chi connectivity index (χ1n) is 4.10. The minimum atomic E-state index is -3.26. The first-order chi connectivity index (χ1) is 5.62. The Kier molecular flexibility index (Phi) is 12.6. The van der Waals surface area contributed by atoms with E-state index in [0.717, 1.165) is 12.8 Å². The van der Waals surface area contributed by atoms with Crippen LogP contribution in [0.2, 0.25) is 0 Å². The normalized spacial score (nSPS) is 10.9. The maximum atomic E-state index is 11.0. The summed E-state index contributed by atoms with van der Waals surface area (Å²) in [4.78, 5) is 0. The van der Waals surface area contributed by atoms with Gasteiger partial charge in [-0.1, -0.05) is 13.3 Å². The summed E-state index contributed by atoms with van der Waals surface area (Å²) in [6, 6.07) is 0. The first kappa shape index (κ1) is 16.7. The van der Waals surface area contributed by atoms with Gasteiger partial charge >= 0.3 is 29.6 Å². The Bertz CT molecular complexity index is 192. The van der Waals surface area contributed by atoms with Crippen LogP contribution < -0.4 is 0 Å². The van der Waals surface area contributed by atoms with E-state index in [2.05, 4.69) is 12.6 Å². The van der Waals surface area contributed by atoms with Crippen LogP contribution in [-0.4, -0.2) is 56.1 Å². The molecule has 0 aliphatic carbocycles. The molecule has 0 aromatic carbocycles. The second-order valence-electron chi connectivity index (χ2n) is 2.51. The molecule has 76 valence electrons. The molecule has 0 aliphatic heterocycles. The Morgan fingerprint density at radius 3 is 2.38 bits per heavy atom. The number of unbranched alkanes of at least 4 members (excludes halogenated alkanes) is 1. The quantitative estimate of drug-likeness (QED) is 0.308. The molecule has 13 heavy (non-hydrogen) atoms. The number of hydrogen-bond donors (Lipinski definition) is 1. The van der Waals surface area contributed by atoms with Gasteiger partial charge in [-0.25, -0.2) is 0 Å². The van der Waals surface area contributed by atoms with Crippen LogP contribution in [0, 0.1) is 0 Å². The van der Waals surface area contributed by atoms with Gasteiger partial charge in [-0.2, -0.15) is 21.0 Å². The van der Waals surface area contributed by atoms with Gasteiger partial charge in [0, 0.05) is 0 Å². The molecule has 6 heteroatoms. The molecule has 0 saturated heterocycles. The zero-order chi connectivity index (χ0) is 9.45. The predicted molar refractivity (Wildman–Crippen MR) is 60.3 cm³/mol. The van der Waals surface area contributed by atoms with Crippen molar-refractivity contribution >= 4 is 52.3 Å². The third-order valence-electron chi connectivity index (χ3n) is 1.31. The summed E-state index contributed by atoms with van der Waals surface area (Å²) in [5.74, 6) is 0.663. The van der Waals surface area contributed by atoms with Gasteiger partial charge in [0.25, 0.3) is 10.1 Å². The van der Waals surface area contributed by atoms with Gasteiger partial charge in [0.2, 0.25) is 0 Å². The zero-order valence-electron chi connectivity index (χ0n) is 7.32. The molecule has 0 bridgehead atoms. The van der Waals surface area contributed by atoms with Crippen molar-refractivity contribution in [2.24, 2.45) is 0 Å². The monoisotopic (exact) mass is 236 g/mol. The van der Waals surface area contributed by atoms with Gasteiger partial charge in [-0.15, -0.1) is 0 Å². The molecule has 0 N–H and O–H groups in total. The molecule has 0 aromatic rings. The fraction of sp³-hybridized carbons (Fsp3) is 1.00. The Morgan fingerprint density at radius 2 is 1.92 bits per heavy atom. The summed E-state index contributed by atoms with van der Waals surface area (Å²) in [7, 11) is -3.26. The first-order valence-corrected chi connectivity index (χ1v) is 6.31. The third-order valence-corrected chi connectivity index (χ3v) is 2.94. The standard InChI is InChI=1S/C7H16O3S2.Na.H/c1-2-3-5-10-12(8,9)7-4-6-11;;/h11H,2-7H2,1H3;;. The third kappa shape index (κ3) is 11.2. The fourth-order valence-corrected chi connectivity index (χ4v) is 1.99. The number of hydrogen-bond acceptors (Lipinski definition) is 4. The van der Waals surface area contributed by atoms with Crippen LogP contribution in [0.3, 0.4) is 0 Å². The van der Waals surface area contributed by atoms with E-state index in [1.807, 2.05) is 6.92 Å². The van der Waals surface area contributed by atoms with Crippen molar-refractivity contribution in [2.75, 3.05) is 18.1 Å². The predicted octanol–water partition coefficient (Wildman–Crippen LogP) is 0.804. The Balaban J connectivity index is 0. The molecule has 0 saturated carbocycles. The molecule has 0 spiro atoms. The molecule has 0 rings (SSSR count). The molecule has 3 nitrogen and oxygen atoms in total. The molecule has 0 aliphatic rings. The van der Waals surface area contributed by atoms with Crippen molar-refractivity contribution in [1.29, 1.82) is 0 Å². The summed E-state index contributed by atoms with van der Waals surface area (Å²) in [5.41, 5.74) is 0. The molecular formula is C7H17NaO3S2. The van der Waals surface area contributed by atoms with E-state index in [1.165, 1.54) is 0 Å². The Labute approximate surface area is 108 Å². The van der Waals surface area contributed by atoms with Gasteiger partial charge in [-0.05, 0) is 18.6 Å². The van der Waals surface area contributed by atoms with Gasteiger partial charge in [0.1, 0.15) is 0 Å². The number of thiol groups is 1. The minimum absolute atomic E-state index is 0. The van der Waals surface area contributed by atoms with E-state index in [4.69, 9.17) is 4.18 Å². The van der Waals surface area contributed by atoms with Gasteiger partial charge in [0.05, 0.1) is 12.4 Å². The summed E-state index contributed by atoms with van der Waals surface area (Å²) >= 11 is 3.92. The van der Waals surface area contributed by atoms with Crippen LogP contribution in [0.15, 0.2) is 0 Å². The summed E-state index contributed by atoms with van der Waals surface area (Å²) in [6.45, 7) is 2.30. The van der Waals surface area contributed by atoms with Crippen LogP contribution in [0.4, 0.5) is 0 Å². The van der Waals surface area contributed by atoms with Crippen LogP contribution in [0.5, 0.6) is 0 Å². The average Bonchev–Trinajstić information content (AvgIpc) is 2.01. The van der Waals surface area contributed by atoms with Crippen molar-refractivity contribution in [1.82, 2.24) is 0 Å². The summed E-state index contributed by atoms with van der Waals surface area (Å²) in [5, 5.41) is 0. The molecule has 0 heterocycles. The maximum absolute atomic E-state index is 11.0. The zero-order valence-corrected chi connectivity index (χ0v) is 9.03. The van der Waals surface area contributed by atoms with Gasteiger partial charge < -0.3 is 0 Å². The van der Waals surface area contributed by atoms with Crippen molar-refractivity contribution in [3.05, 3.63) is 0 Å². The topological polar surface area (TPSA) is 43.4 Å². The molecule has 0 aromatic heterocycles. The Hall–Kier alpha value is 1.26. The van der Waals surface area contributed by atoms with Crippen molar-refractivity contribution in [2.45, 2.75) is 26.2 Å². The second-order valence-corrected chi connectivity index (χ2v) is 4.72. The van der Waals surface area contributed by atoms with Crippen molar-refractivity contribution in [3.8, 4) is 0 Å². The van der Waals surface area contributed by atoms with E-state index in [-0.39, 0.29) is 35.3 Å². The molecule has 0 fully saturated rings. The van der Waals surface area contributed by atoms with Gasteiger partial charge in [-0.3, -0.25) is 4.18 Å². The number of rotatable bonds is 7. The van der Waals surface area contributed by atoms with E-state index in [1.54, 1.807) is 0 Å². The Morgan fingerprint density at radius 1 is 1.31 bits per heavy atom. The van der Waals surface area contributed by atoms with Crippen molar-refractivity contribution < 1.29 is 12.6 Å². The van der Waals surface area contributed by atoms with Crippen LogP contribution in [0.25, 0.3) is 0 Å². The van der Waals surface area contributed by atoms with E-state index in [9.17, 15) is 8.42 Å². The molecule has 0 atom stereocenters. The molecule has 0 unspecified atom stereocenters. The fourth-order valence-electron chi connectivity index (χ4n) is 0.630. The van der Waals surface area contributed by atoms with Gasteiger partial charge in [0.15, 0.2) is 0 Å². The second kappa shape index (κ2) is 9.80.